The molecule has 0 aromatic rings. The van der Waals surface area contributed by atoms with Gasteiger partial charge in [-0.05, 0) is 96.3 Å². The molecule has 0 aliphatic rings. The Balaban J connectivity index is 4.21. The van der Waals surface area contributed by atoms with Crippen molar-refractivity contribution in [2.75, 3.05) is 13.2 Å². The zero-order chi connectivity index (χ0) is 45.1. The number of carbonyl (C=O) groups excluding carboxylic acids is 3. The maximum absolute atomic E-state index is 12.7. The molecule has 6 nitrogen and oxygen atoms in total. The first-order valence-corrected chi connectivity index (χ1v) is 25.6. The van der Waals surface area contributed by atoms with Gasteiger partial charge in [-0.2, -0.15) is 0 Å². The van der Waals surface area contributed by atoms with E-state index in [0.29, 0.717) is 19.3 Å². The van der Waals surface area contributed by atoms with Crippen molar-refractivity contribution in [3.8, 4) is 0 Å². The van der Waals surface area contributed by atoms with E-state index < -0.39 is 6.10 Å². The molecule has 0 saturated carbocycles. The molecule has 1 unspecified atom stereocenters. The smallest absolute Gasteiger partial charge is 0.306 e. The minimum Gasteiger partial charge on any atom is -0.462 e. The highest BCUT2D eigenvalue weighted by atomic mass is 16.6. The van der Waals surface area contributed by atoms with Crippen LogP contribution in [-0.2, 0) is 28.6 Å². The molecule has 6 heteroatoms. The van der Waals surface area contributed by atoms with Crippen molar-refractivity contribution in [1.82, 2.24) is 0 Å². The normalized spacial score (nSPS) is 12.8. The first-order valence-electron chi connectivity index (χ1n) is 25.6. The predicted octanol–water partition coefficient (Wildman–Crippen LogP) is 16.8. The Kier molecular flexibility index (Phi) is 47.5. The summed E-state index contributed by atoms with van der Waals surface area (Å²) in [6.07, 6.45) is 64.5. The zero-order valence-corrected chi connectivity index (χ0v) is 40.4. The molecule has 0 radical (unpaired) electrons. The summed E-state index contributed by atoms with van der Waals surface area (Å²) in [5.74, 6) is -0.921. The van der Waals surface area contributed by atoms with E-state index in [2.05, 4.69) is 106 Å². The minimum atomic E-state index is -0.783. The van der Waals surface area contributed by atoms with Crippen molar-refractivity contribution in [1.29, 1.82) is 0 Å². The third kappa shape index (κ3) is 47.6. The highest BCUT2D eigenvalue weighted by Gasteiger charge is 2.19. The summed E-state index contributed by atoms with van der Waals surface area (Å²) >= 11 is 0. The second-order valence-electron chi connectivity index (χ2n) is 16.7. The van der Waals surface area contributed by atoms with Gasteiger partial charge in [0.25, 0.3) is 0 Å². The van der Waals surface area contributed by atoms with Crippen molar-refractivity contribution >= 4 is 17.9 Å². The van der Waals surface area contributed by atoms with Crippen LogP contribution in [0.1, 0.15) is 233 Å². The molecule has 0 fully saturated rings. The molecule has 0 aliphatic heterocycles. The van der Waals surface area contributed by atoms with Crippen LogP contribution in [0.15, 0.2) is 85.1 Å². The van der Waals surface area contributed by atoms with Gasteiger partial charge in [-0.15, -0.1) is 0 Å². The Hall–Kier alpha value is -3.41. The highest BCUT2D eigenvalue weighted by Crippen LogP contribution is 2.13. The summed E-state index contributed by atoms with van der Waals surface area (Å²) in [5.41, 5.74) is 0. The van der Waals surface area contributed by atoms with Crippen molar-refractivity contribution in [3.63, 3.8) is 0 Å². The quantitative estimate of drug-likeness (QED) is 0.0263. The van der Waals surface area contributed by atoms with Crippen molar-refractivity contribution in [3.05, 3.63) is 85.1 Å². The van der Waals surface area contributed by atoms with Crippen LogP contribution >= 0.6 is 0 Å². The van der Waals surface area contributed by atoms with E-state index in [9.17, 15) is 14.4 Å². The summed E-state index contributed by atoms with van der Waals surface area (Å²) in [6.45, 7) is 6.42. The highest BCUT2D eigenvalue weighted by molar-refractivity contribution is 5.71. The lowest BCUT2D eigenvalue weighted by Crippen LogP contribution is -2.30. The van der Waals surface area contributed by atoms with Crippen LogP contribution in [0.25, 0.3) is 0 Å². The molecular formula is C56H94O6. The van der Waals surface area contributed by atoms with Gasteiger partial charge in [0.05, 0.1) is 0 Å². The van der Waals surface area contributed by atoms with Crippen LogP contribution in [-0.4, -0.2) is 37.2 Å². The second kappa shape index (κ2) is 50.2. The van der Waals surface area contributed by atoms with Crippen LogP contribution in [0.4, 0.5) is 0 Å². The van der Waals surface area contributed by atoms with Crippen molar-refractivity contribution in [2.45, 2.75) is 239 Å². The van der Waals surface area contributed by atoms with E-state index >= 15 is 0 Å². The van der Waals surface area contributed by atoms with E-state index in [1.165, 1.54) is 70.6 Å². The summed E-state index contributed by atoms with van der Waals surface area (Å²) in [7, 11) is 0. The predicted molar refractivity (Wildman–Crippen MR) is 265 cm³/mol. The maximum atomic E-state index is 12.7. The van der Waals surface area contributed by atoms with Gasteiger partial charge in [-0.1, -0.05) is 202 Å². The molecule has 0 spiro atoms. The number of rotatable bonds is 45. The van der Waals surface area contributed by atoms with E-state index in [-0.39, 0.29) is 31.1 Å². The third-order valence-corrected chi connectivity index (χ3v) is 10.6. The lowest BCUT2D eigenvalue weighted by molar-refractivity contribution is -0.167. The van der Waals surface area contributed by atoms with Crippen LogP contribution in [0.2, 0.25) is 0 Å². The number of hydrogen-bond donors (Lipinski definition) is 0. The summed E-state index contributed by atoms with van der Waals surface area (Å²) in [6, 6.07) is 0. The molecule has 0 rings (SSSR count). The van der Waals surface area contributed by atoms with Gasteiger partial charge in [0.15, 0.2) is 6.10 Å². The van der Waals surface area contributed by atoms with Gasteiger partial charge >= 0.3 is 17.9 Å². The third-order valence-electron chi connectivity index (χ3n) is 10.6. The Morgan fingerprint density at radius 2 is 0.629 bits per heavy atom. The van der Waals surface area contributed by atoms with E-state index in [0.717, 1.165) is 122 Å². The monoisotopic (exact) mass is 863 g/mol. The van der Waals surface area contributed by atoms with Crippen molar-refractivity contribution in [2.24, 2.45) is 0 Å². The molecule has 1 atom stereocenters. The molecule has 0 N–H and O–H groups in total. The number of esters is 3. The summed E-state index contributed by atoms with van der Waals surface area (Å²) in [4.78, 5) is 37.7. The minimum absolute atomic E-state index is 0.0849. The Bertz CT molecular complexity index is 1220. The first kappa shape index (κ1) is 58.6. The number of unbranched alkanes of at least 4 members (excludes halogenated alkanes) is 20. The van der Waals surface area contributed by atoms with E-state index in [1.54, 1.807) is 0 Å². The van der Waals surface area contributed by atoms with Gasteiger partial charge in [0, 0.05) is 19.3 Å². The number of ether oxygens (including phenoxy) is 3. The van der Waals surface area contributed by atoms with Crippen molar-refractivity contribution < 1.29 is 28.6 Å². The molecule has 0 aliphatic carbocycles. The average Bonchev–Trinajstić information content (AvgIpc) is 3.27. The van der Waals surface area contributed by atoms with Gasteiger partial charge in [-0.3, -0.25) is 14.4 Å². The van der Waals surface area contributed by atoms with E-state index in [1.807, 2.05) is 0 Å². The van der Waals surface area contributed by atoms with Crippen LogP contribution in [0, 0.1) is 0 Å². The van der Waals surface area contributed by atoms with Crippen LogP contribution in [0.3, 0.4) is 0 Å². The maximum Gasteiger partial charge on any atom is 0.306 e. The van der Waals surface area contributed by atoms with Gasteiger partial charge in [0.2, 0.25) is 0 Å². The van der Waals surface area contributed by atoms with E-state index in [4.69, 9.17) is 14.2 Å². The van der Waals surface area contributed by atoms with Gasteiger partial charge in [-0.25, -0.2) is 0 Å². The molecule has 0 aromatic carbocycles. The lowest BCUT2D eigenvalue weighted by Gasteiger charge is -2.18. The zero-order valence-electron chi connectivity index (χ0n) is 40.4. The number of hydrogen-bond acceptors (Lipinski definition) is 6. The summed E-state index contributed by atoms with van der Waals surface area (Å²) in [5, 5.41) is 0. The fourth-order valence-corrected chi connectivity index (χ4v) is 6.79. The summed E-state index contributed by atoms with van der Waals surface area (Å²) < 4.78 is 16.7. The SMILES string of the molecule is CC/C=C\C/C=C\C/C=C\C/C=C\C/C=C\C/C=C\CCCCCCCCC(=O)OCC(COC(=O)CCCCCCCC)OC(=O)CCCCCCC/C=C\CCCCCC. The fraction of sp³-hybridized carbons (Fsp3) is 0.696. The van der Waals surface area contributed by atoms with Crippen LogP contribution in [0.5, 0.6) is 0 Å². The Morgan fingerprint density at radius 3 is 1.02 bits per heavy atom. The standard InChI is InChI=1S/C56H94O6/c1-4-7-10-13-16-18-20-22-23-24-25-26-27-28-29-30-31-32-33-35-36-38-40-43-46-49-55(58)61-52-53(51-60-54(57)48-45-42-15-12-9-6-3)62-56(59)50-47-44-41-39-37-34-21-19-17-14-11-8-5-2/h7,10,16,18-19,21-23,25-26,28-29,31-32,53H,4-6,8-9,11-15,17,20,24,27,30,33-52H2,1-3H3/b10-7-,18-16-,21-19-,23-22-,26-25-,29-28-,32-31-. The molecule has 354 valence electrons. The van der Waals surface area contributed by atoms with Crippen LogP contribution < -0.4 is 0 Å². The Labute approximate surface area is 382 Å². The van der Waals surface area contributed by atoms with Gasteiger partial charge < -0.3 is 14.2 Å². The molecule has 0 heterocycles. The van der Waals surface area contributed by atoms with Gasteiger partial charge in [0.1, 0.15) is 13.2 Å². The average molecular weight is 863 g/mol. The lowest BCUT2D eigenvalue weighted by atomic mass is 10.1. The molecule has 0 aromatic heterocycles. The molecule has 0 saturated heterocycles. The first-order chi connectivity index (χ1) is 30.5. The fourth-order valence-electron chi connectivity index (χ4n) is 6.79. The molecular weight excluding hydrogens is 769 g/mol. The number of carbonyl (C=O) groups is 3. The molecule has 0 bridgehead atoms. The largest absolute Gasteiger partial charge is 0.462 e. The topological polar surface area (TPSA) is 78.9 Å². The second-order valence-corrected chi connectivity index (χ2v) is 16.7. The molecule has 62 heavy (non-hydrogen) atoms. The molecule has 0 amide bonds. The Morgan fingerprint density at radius 1 is 0.339 bits per heavy atom. The number of allylic oxidation sites excluding steroid dienone is 14.